The van der Waals surface area contributed by atoms with Crippen LogP contribution >= 0.6 is 12.4 Å². The zero-order chi connectivity index (χ0) is 15.6. The lowest BCUT2D eigenvalue weighted by molar-refractivity contribution is -0.385. The Balaban J connectivity index is 0.00000242. The highest BCUT2D eigenvalue weighted by atomic mass is 35.5. The van der Waals surface area contributed by atoms with Gasteiger partial charge in [0.1, 0.15) is 0 Å². The lowest BCUT2D eigenvalue weighted by Crippen LogP contribution is -2.45. The highest BCUT2D eigenvalue weighted by molar-refractivity contribution is 7.89. The molecule has 0 saturated carbocycles. The van der Waals surface area contributed by atoms with Crippen LogP contribution in [-0.4, -0.2) is 32.5 Å². The lowest BCUT2D eigenvalue weighted by Gasteiger charge is -2.24. The molecule has 0 bridgehead atoms. The van der Waals surface area contributed by atoms with E-state index in [0.717, 1.165) is 25.5 Å². The molecule has 1 heterocycles. The molecule has 1 aromatic rings. The number of nitro groups is 1. The molecule has 1 saturated heterocycles. The van der Waals surface area contributed by atoms with Gasteiger partial charge in [-0.15, -0.1) is 12.4 Å². The number of halogens is 1. The lowest BCUT2D eigenvalue weighted by atomic mass is 10.1. The SMILES string of the molecule is Cc1cc([N+](=O)[O-])cc(S(=O)(=O)N[C@H]2CCCNC2)c1C.Cl. The summed E-state index contributed by atoms with van der Waals surface area (Å²) in [5, 5.41) is 14.0. The molecule has 0 radical (unpaired) electrons. The number of nitro benzene ring substituents is 1. The van der Waals surface area contributed by atoms with Crippen molar-refractivity contribution in [1.82, 2.24) is 10.0 Å². The number of piperidine rings is 1. The minimum absolute atomic E-state index is 0. The van der Waals surface area contributed by atoms with E-state index in [-0.39, 0.29) is 29.0 Å². The molecule has 22 heavy (non-hydrogen) atoms. The Hall–Kier alpha value is -1.22. The molecule has 1 aromatic carbocycles. The van der Waals surface area contributed by atoms with Crippen LogP contribution in [0.2, 0.25) is 0 Å². The molecule has 1 fully saturated rings. The molecule has 2 rings (SSSR count). The average molecular weight is 350 g/mol. The molecule has 9 heteroatoms. The molecule has 1 aliphatic rings. The van der Waals surface area contributed by atoms with Crippen molar-refractivity contribution in [3.8, 4) is 0 Å². The summed E-state index contributed by atoms with van der Waals surface area (Å²) in [7, 11) is -3.76. The van der Waals surface area contributed by atoms with Crippen LogP contribution in [0.25, 0.3) is 0 Å². The van der Waals surface area contributed by atoms with Crippen molar-refractivity contribution >= 4 is 28.1 Å². The third-order valence-electron chi connectivity index (χ3n) is 3.72. The van der Waals surface area contributed by atoms with Gasteiger partial charge in [0.25, 0.3) is 5.69 Å². The largest absolute Gasteiger partial charge is 0.315 e. The second-order valence-electron chi connectivity index (χ2n) is 5.31. The maximum Gasteiger partial charge on any atom is 0.271 e. The number of nitrogens with zero attached hydrogens (tertiary/aromatic N) is 1. The van der Waals surface area contributed by atoms with Gasteiger partial charge < -0.3 is 5.32 Å². The summed E-state index contributed by atoms with van der Waals surface area (Å²) in [6.45, 7) is 4.79. The van der Waals surface area contributed by atoms with E-state index in [2.05, 4.69) is 10.0 Å². The first-order valence-corrected chi connectivity index (χ1v) is 8.28. The Labute approximate surface area is 136 Å². The molecule has 0 aliphatic carbocycles. The number of rotatable bonds is 4. The summed E-state index contributed by atoms with van der Waals surface area (Å²) in [6, 6.07) is 2.33. The van der Waals surface area contributed by atoms with Crippen LogP contribution in [0.3, 0.4) is 0 Å². The topological polar surface area (TPSA) is 101 Å². The first-order chi connectivity index (χ1) is 9.81. The van der Waals surface area contributed by atoms with E-state index in [9.17, 15) is 18.5 Å². The van der Waals surface area contributed by atoms with Crippen LogP contribution in [-0.2, 0) is 10.0 Å². The van der Waals surface area contributed by atoms with Crippen molar-refractivity contribution in [2.75, 3.05) is 13.1 Å². The fraction of sp³-hybridized carbons (Fsp3) is 0.538. The molecule has 0 amide bonds. The number of nitrogens with one attached hydrogen (secondary N) is 2. The van der Waals surface area contributed by atoms with Crippen LogP contribution < -0.4 is 10.0 Å². The molecular weight excluding hydrogens is 330 g/mol. The van der Waals surface area contributed by atoms with E-state index in [1.54, 1.807) is 13.8 Å². The fourth-order valence-corrected chi connectivity index (χ4v) is 4.04. The number of sulfonamides is 1. The van der Waals surface area contributed by atoms with Gasteiger partial charge in [-0.25, -0.2) is 13.1 Å². The maximum absolute atomic E-state index is 12.5. The molecule has 124 valence electrons. The van der Waals surface area contributed by atoms with E-state index in [4.69, 9.17) is 0 Å². The van der Waals surface area contributed by atoms with Crippen molar-refractivity contribution < 1.29 is 13.3 Å². The number of benzene rings is 1. The third-order valence-corrected chi connectivity index (χ3v) is 5.37. The summed E-state index contributed by atoms with van der Waals surface area (Å²) < 4.78 is 27.6. The van der Waals surface area contributed by atoms with Gasteiger partial charge in [-0.2, -0.15) is 0 Å². The Morgan fingerprint density at radius 3 is 2.59 bits per heavy atom. The van der Waals surface area contributed by atoms with E-state index in [1.165, 1.54) is 6.07 Å². The highest BCUT2D eigenvalue weighted by Gasteiger charge is 2.26. The molecular formula is C13H20ClN3O4S. The zero-order valence-electron chi connectivity index (χ0n) is 12.5. The van der Waals surface area contributed by atoms with Gasteiger partial charge in [-0.3, -0.25) is 10.1 Å². The molecule has 0 aromatic heterocycles. The van der Waals surface area contributed by atoms with E-state index >= 15 is 0 Å². The smallest absolute Gasteiger partial charge is 0.271 e. The Kier molecular flexibility index (Phi) is 6.30. The molecule has 1 atom stereocenters. The van der Waals surface area contributed by atoms with Crippen LogP contribution in [0.5, 0.6) is 0 Å². The van der Waals surface area contributed by atoms with Gasteiger partial charge in [0.05, 0.1) is 9.82 Å². The van der Waals surface area contributed by atoms with Crippen molar-refractivity contribution in [1.29, 1.82) is 0 Å². The molecule has 0 spiro atoms. The zero-order valence-corrected chi connectivity index (χ0v) is 14.1. The van der Waals surface area contributed by atoms with Gasteiger partial charge in [0.2, 0.25) is 10.0 Å². The normalized spacial score (nSPS) is 18.5. The molecule has 0 unspecified atom stereocenters. The monoisotopic (exact) mass is 349 g/mol. The van der Waals surface area contributed by atoms with Crippen LogP contribution in [0.15, 0.2) is 17.0 Å². The van der Waals surface area contributed by atoms with Crippen LogP contribution in [0.1, 0.15) is 24.0 Å². The van der Waals surface area contributed by atoms with E-state index in [0.29, 0.717) is 17.7 Å². The predicted octanol–water partition coefficient (Wildman–Crippen LogP) is 1.66. The number of non-ortho nitro benzene ring substituents is 1. The maximum atomic E-state index is 12.5. The Morgan fingerprint density at radius 1 is 1.36 bits per heavy atom. The van der Waals surface area contributed by atoms with Gasteiger partial charge in [-0.05, 0) is 44.4 Å². The summed E-state index contributed by atoms with van der Waals surface area (Å²) in [5.41, 5.74) is 0.920. The molecule has 2 N–H and O–H groups in total. The quantitative estimate of drug-likeness (QED) is 0.636. The van der Waals surface area contributed by atoms with Crippen LogP contribution in [0.4, 0.5) is 5.69 Å². The first-order valence-electron chi connectivity index (χ1n) is 6.80. The van der Waals surface area contributed by atoms with Gasteiger partial charge in [0.15, 0.2) is 0 Å². The predicted molar refractivity (Wildman–Crippen MR) is 86.0 cm³/mol. The van der Waals surface area contributed by atoms with Gasteiger partial charge in [0, 0.05) is 24.7 Å². The molecule has 1 aliphatic heterocycles. The van der Waals surface area contributed by atoms with Gasteiger partial charge in [-0.1, -0.05) is 0 Å². The number of hydrogen-bond acceptors (Lipinski definition) is 5. The summed E-state index contributed by atoms with van der Waals surface area (Å²) in [4.78, 5) is 10.3. The Bertz CT molecular complexity index is 657. The van der Waals surface area contributed by atoms with Crippen molar-refractivity contribution in [3.05, 3.63) is 33.4 Å². The van der Waals surface area contributed by atoms with E-state index in [1.807, 2.05) is 0 Å². The highest BCUT2D eigenvalue weighted by Crippen LogP contribution is 2.25. The van der Waals surface area contributed by atoms with Crippen LogP contribution in [0, 0.1) is 24.0 Å². The number of aryl methyl sites for hydroxylation is 1. The molecule has 7 nitrogen and oxygen atoms in total. The Morgan fingerprint density at radius 2 is 2.05 bits per heavy atom. The fourth-order valence-electron chi connectivity index (χ4n) is 2.43. The van der Waals surface area contributed by atoms with Crippen molar-refractivity contribution in [2.45, 2.75) is 37.6 Å². The summed E-state index contributed by atoms with van der Waals surface area (Å²) in [5.74, 6) is 0. The van der Waals surface area contributed by atoms with Gasteiger partial charge >= 0.3 is 0 Å². The minimum atomic E-state index is -3.76. The second kappa shape index (κ2) is 7.36. The second-order valence-corrected chi connectivity index (χ2v) is 6.99. The summed E-state index contributed by atoms with van der Waals surface area (Å²) >= 11 is 0. The van der Waals surface area contributed by atoms with Crippen molar-refractivity contribution in [2.24, 2.45) is 0 Å². The van der Waals surface area contributed by atoms with E-state index < -0.39 is 14.9 Å². The van der Waals surface area contributed by atoms with Crippen molar-refractivity contribution in [3.63, 3.8) is 0 Å². The third kappa shape index (κ3) is 4.16. The first kappa shape index (κ1) is 18.8. The minimum Gasteiger partial charge on any atom is -0.315 e. The average Bonchev–Trinajstić information content (AvgIpc) is 2.41. The standard InChI is InChI=1S/C13H19N3O4S.ClH/c1-9-6-12(16(17)18)7-13(10(9)2)21(19,20)15-11-4-3-5-14-8-11;/h6-7,11,14-15H,3-5,8H2,1-2H3;1H/t11-;/m0./s1. The summed E-state index contributed by atoms with van der Waals surface area (Å²) in [6.07, 6.45) is 1.67. The number of hydrogen-bond donors (Lipinski definition) is 2.